The predicted octanol–water partition coefficient (Wildman–Crippen LogP) is 6.57. The third-order valence-electron chi connectivity index (χ3n) is 5.48. The van der Waals surface area contributed by atoms with Gasteiger partial charge in [0.05, 0.1) is 18.1 Å². The van der Waals surface area contributed by atoms with E-state index in [0.717, 1.165) is 37.0 Å². The van der Waals surface area contributed by atoms with Gasteiger partial charge in [0.2, 0.25) is 0 Å². The van der Waals surface area contributed by atoms with Gasteiger partial charge < -0.3 is 14.6 Å². The van der Waals surface area contributed by atoms with Crippen molar-refractivity contribution in [3.05, 3.63) is 59.2 Å². The number of benzene rings is 2. The summed E-state index contributed by atoms with van der Waals surface area (Å²) in [5.41, 5.74) is 2.25. The Bertz CT molecular complexity index is 857. The van der Waals surface area contributed by atoms with Crippen molar-refractivity contribution < 1.29 is 24.2 Å². The van der Waals surface area contributed by atoms with Gasteiger partial charge in [-0.25, -0.2) is 4.79 Å². The van der Waals surface area contributed by atoms with Gasteiger partial charge in [-0.2, -0.15) is 0 Å². The maximum atomic E-state index is 13.0. The van der Waals surface area contributed by atoms with Crippen LogP contribution >= 0.6 is 0 Å². The van der Waals surface area contributed by atoms with Crippen LogP contribution in [0.4, 0.5) is 0 Å². The van der Waals surface area contributed by atoms with Gasteiger partial charge in [0, 0.05) is 0 Å². The van der Waals surface area contributed by atoms with Crippen LogP contribution in [0.1, 0.15) is 93.1 Å². The van der Waals surface area contributed by atoms with E-state index in [2.05, 4.69) is 19.9 Å². The van der Waals surface area contributed by atoms with Crippen LogP contribution in [0.25, 0.3) is 0 Å². The number of ether oxygens (including phenoxy) is 2. The molecular formula is C26H34O5. The highest BCUT2D eigenvalue weighted by molar-refractivity contribution is 5.88. The molecule has 0 saturated heterocycles. The molecule has 0 spiro atoms. The number of carbonyl (C=O) groups is 2. The van der Waals surface area contributed by atoms with Crippen molar-refractivity contribution in [2.45, 2.75) is 71.6 Å². The van der Waals surface area contributed by atoms with E-state index in [1.807, 2.05) is 26.0 Å². The summed E-state index contributed by atoms with van der Waals surface area (Å²) in [4.78, 5) is 24.0. The Morgan fingerprint density at radius 3 is 2.48 bits per heavy atom. The Balaban J connectivity index is 0.00000166. The van der Waals surface area contributed by atoms with Crippen molar-refractivity contribution in [3.8, 4) is 11.5 Å². The van der Waals surface area contributed by atoms with Gasteiger partial charge in [-0.1, -0.05) is 59.1 Å². The SMILES string of the molecule is CC.CCCCCC(C(=O)Oc1ccc(C(=O)O)cc1)c1ccc2c(c1)OCCC2C. The molecule has 0 saturated carbocycles. The number of fused-ring (bicyclic) bond motifs is 1. The Hall–Kier alpha value is -2.82. The number of esters is 1. The number of hydrogen-bond acceptors (Lipinski definition) is 4. The molecule has 0 radical (unpaired) electrons. The van der Waals surface area contributed by atoms with Crippen molar-refractivity contribution in [3.63, 3.8) is 0 Å². The zero-order valence-corrected chi connectivity index (χ0v) is 19.0. The topological polar surface area (TPSA) is 72.8 Å². The monoisotopic (exact) mass is 426 g/mol. The van der Waals surface area contributed by atoms with Crippen LogP contribution in [0.15, 0.2) is 42.5 Å². The molecule has 0 bridgehead atoms. The van der Waals surface area contributed by atoms with E-state index < -0.39 is 5.97 Å². The average Bonchev–Trinajstić information content (AvgIpc) is 2.78. The van der Waals surface area contributed by atoms with E-state index in [1.165, 1.54) is 29.8 Å². The van der Waals surface area contributed by atoms with E-state index >= 15 is 0 Å². The lowest BCUT2D eigenvalue weighted by molar-refractivity contribution is -0.136. The Morgan fingerprint density at radius 1 is 1.13 bits per heavy atom. The lowest BCUT2D eigenvalue weighted by atomic mass is 9.88. The number of unbranched alkanes of at least 4 members (excludes halogenated alkanes) is 2. The molecule has 2 unspecified atom stereocenters. The third kappa shape index (κ3) is 6.58. The quantitative estimate of drug-likeness (QED) is 0.294. The van der Waals surface area contributed by atoms with Gasteiger partial charge in [0.1, 0.15) is 11.5 Å². The summed E-state index contributed by atoms with van der Waals surface area (Å²) >= 11 is 0. The first kappa shape index (κ1) is 24.4. The number of rotatable bonds is 8. The normalized spacial score (nSPS) is 15.5. The second kappa shape index (κ2) is 12.1. The standard InChI is InChI=1S/C24H28O5.C2H6/c1-3-4-5-6-21(18-9-12-20-16(2)13-14-28-22(20)15-18)24(27)29-19-10-7-17(8-11-19)23(25)26;1-2/h7-12,15-16,21H,3-6,13-14H2,1-2H3,(H,25,26);1-2H3. The van der Waals surface area contributed by atoms with Gasteiger partial charge in [-0.3, -0.25) is 4.79 Å². The zero-order valence-electron chi connectivity index (χ0n) is 19.0. The number of hydrogen-bond donors (Lipinski definition) is 1. The van der Waals surface area contributed by atoms with Gasteiger partial charge in [0.25, 0.3) is 0 Å². The molecular weight excluding hydrogens is 392 g/mol. The Labute approximate surface area is 185 Å². The summed E-state index contributed by atoms with van der Waals surface area (Å²) in [6, 6.07) is 12.0. The maximum absolute atomic E-state index is 13.0. The molecule has 5 nitrogen and oxygen atoms in total. The molecule has 1 aliphatic rings. The van der Waals surface area contributed by atoms with Crippen molar-refractivity contribution in [1.82, 2.24) is 0 Å². The summed E-state index contributed by atoms with van der Waals surface area (Å²) in [6.45, 7) is 9.01. The lowest BCUT2D eigenvalue weighted by Crippen LogP contribution is -2.20. The average molecular weight is 427 g/mol. The van der Waals surface area contributed by atoms with Gasteiger partial charge in [-0.15, -0.1) is 0 Å². The molecule has 1 N–H and O–H groups in total. The highest BCUT2D eigenvalue weighted by Gasteiger charge is 2.26. The molecule has 5 heteroatoms. The number of carboxylic acid groups (broad SMARTS) is 1. The molecule has 0 aromatic heterocycles. The molecule has 2 atom stereocenters. The minimum absolute atomic E-state index is 0.158. The van der Waals surface area contributed by atoms with Crippen LogP contribution in [-0.2, 0) is 4.79 Å². The molecule has 31 heavy (non-hydrogen) atoms. The van der Waals surface area contributed by atoms with Crippen molar-refractivity contribution in [2.75, 3.05) is 6.61 Å². The molecule has 0 fully saturated rings. The molecule has 3 rings (SSSR count). The molecule has 2 aromatic rings. The van der Waals surface area contributed by atoms with Crippen molar-refractivity contribution in [1.29, 1.82) is 0 Å². The second-order valence-electron chi connectivity index (χ2n) is 7.63. The van der Waals surface area contributed by atoms with Crippen molar-refractivity contribution in [2.24, 2.45) is 0 Å². The molecule has 1 heterocycles. The maximum Gasteiger partial charge on any atom is 0.335 e. The summed E-state index contributed by atoms with van der Waals surface area (Å²) in [5.74, 6) is -0.0573. The fourth-order valence-corrected chi connectivity index (χ4v) is 3.67. The van der Waals surface area contributed by atoms with E-state index in [9.17, 15) is 9.59 Å². The highest BCUT2D eigenvalue weighted by Crippen LogP contribution is 2.37. The minimum Gasteiger partial charge on any atom is -0.493 e. The fraction of sp³-hybridized carbons (Fsp3) is 0.462. The van der Waals surface area contributed by atoms with Gasteiger partial charge in [-0.05, 0) is 60.2 Å². The highest BCUT2D eigenvalue weighted by atomic mass is 16.5. The van der Waals surface area contributed by atoms with Crippen molar-refractivity contribution >= 4 is 11.9 Å². The second-order valence-corrected chi connectivity index (χ2v) is 7.63. The molecule has 1 aliphatic heterocycles. The van der Waals surface area contributed by atoms with Crippen LogP contribution in [0.5, 0.6) is 11.5 Å². The van der Waals surface area contributed by atoms with Crippen LogP contribution in [0.2, 0.25) is 0 Å². The largest absolute Gasteiger partial charge is 0.493 e. The first-order chi connectivity index (χ1) is 15.0. The first-order valence-corrected chi connectivity index (χ1v) is 11.3. The molecule has 168 valence electrons. The van der Waals surface area contributed by atoms with Crippen LogP contribution in [0, 0.1) is 0 Å². The Kier molecular flexibility index (Phi) is 9.57. The number of carbonyl (C=O) groups excluding carboxylic acids is 1. The molecule has 0 aliphatic carbocycles. The number of aromatic carboxylic acids is 1. The molecule has 0 amide bonds. The smallest absolute Gasteiger partial charge is 0.335 e. The third-order valence-corrected chi connectivity index (χ3v) is 5.48. The minimum atomic E-state index is -1.01. The first-order valence-electron chi connectivity index (χ1n) is 11.3. The lowest BCUT2D eigenvalue weighted by Gasteiger charge is -2.25. The summed E-state index contributed by atoms with van der Waals surface area (Å²) in [7, 11) is 0. The summed E-state index contributed by atoms with van der Waals surface area (Å²) < 4.78 is 11.4. The predicted molar refractivity (Wildman–Crippen MR) is 122 cm³/mol. The Morgan fingerprint density at radius 2 is 1.84 bits per heavy atom. The molecule has 2 aromatic carbocycles. The van der Waals surface area contributed by atoms with E-state index in [0.29, 0.717) is 24.7 Å². The van der Waals surface area contributed by atoms with Gasteiger partial charge >= 0.3 is 11.9 Å². The van der Waals surface area contributed by atoms with Crippen LogP contribution in [-0.4, -0.2) is 23.7 Å². The van der Waals surface area contributed by atoms with E-state index in [4.69, 9.17) is 14.6 Å². The van der Waals surface area contributed by atoms with Crippen LogP contribution in [0.3, 0.4) is 0 Å². The fourth-order valence-electron chi connectivity index (χ4n) is 3.67. The van der Waals surface area contributed by atoms with Crippen LogP contribution < -0.4 is 9.47 Å². The van der Waals surface area contributed by atoms with E-state index in [1.54, 1.807) is 0 Å². The summed E-state index contributed by atoms with van der Waals surface area (Å²) in [6.07, 6.45) is 4.76. The van der Waals surface area contributed by atoms with E-state index in [-0.39, 0.29) is 17.5 Å². The zero-order chi connectivity index (χ0) is 22.8. The number of carboxylic acids is 1. The van der Waals surface area contributed by atoms with Gasteiger partial charge in [0.15, 0.2) is 0 Å². The summed E-state index contributed by atoms with van der Waals surface area (Å²) in [5, 5.41) is 9.01.